The first-order chi connectivity index (χ1) is 7.87. The van der Waals surface area contributed by atoms with E-state index in [1.165, 1.54) is 0 Å². The lowest BCUT2D eigenvalue weighted by atomic mass is 9.77. The minimum absolute atomic E-state index is 0.00915. The monoisotopic (exact) mass is 240 g/mol. The highest BCUT2D eigenvalue weighted by atomic mass is 16.2. The first-order valence-electron chi connectivity index (χ1n) is 6.95. The molecule has 0 bridgehead atoms. The summed E-state index contributed by atoms with van der Waals surface area (Å²) in [6.07, 6.45) is 5.32. The van der Waals surface area contributed by atoms with E-state index in [1.54, 1.807) is 0 Å². The second kappa shape index (κ2) is 5.85. The maximum Gasteiger partial charge on any atom is 0.225 e. The molecular formula is C14H28N2O. The Balaban J connectivity index is 2.57. The van der Waals surface area contributed by atoms with Gasteiger partial charge in [0, 0.05) is 11.6 Å². The molecule has 0 heterocycles. The van der Waals surface area contributed by atoms with Crippen LogP contribution in [0.15, 0.2) is 0 Å². The van der Waals surface area contributed by atoms with Gasteiger partial charge in [-0.15, -0.1) is 0 Å². The van der Waals surface area contributed by atoms with Crippen molar-refractivity contribution in [2.45, 2.75) is 71.4 Å². The molecule has 3 heteroatoms. The standard InChI is InChI=1S/C14H28N2O/c1-5-9-14(3,4)16-13(17)11-8-6-7-10(2)12(11)15/h10-12H,5-9,15H2,1-4H3,(H,16,17). The topological polar surface area (TPSA) is 55.1 Å². The van der Waals surface area contributed by atoms with Gasteiger partial charge in [-0.25, -0.2) is 0 Å². The van der Waals surface area contributed by atoms with E-state index in [9.17, 15) is 4.79 Å². The molecule has 0 aliphatic heterocycles. The lowest BCUT2D eigenvalue weighted by molar-refractivity contribution is -0.128. The molecule has 3 unspecified atom stereocenters. The SMILES string of the molecule is CCCC(C)(C)NC(=O)C1CCCC(C)C1N. The highest BCUT2D eigenvalue weighted by Crippen LogP contribution is 2.28. The first-order valence-corrected chi connectivity index (χ1v) is 6.95. The van der Waals surface area contributed by atoms with Gasteiger partial charge < -0.3 is 11.1 Å². The van der Waals surface area contributed by atoms with Crippen LogP contribution in [0.3, 0.4) is 0 Å². The maximum absolute atomic E-state index is 12.3. The number of hydrogen-bond acceptors (Lipinski definition) is 2. The summed E-state index contributed by atoms with van der Waals surface area (Å²) >= 11 is 0. The van der Waals surface area contributed by atoms with Crippen molar-refractivity contribution in [3.8, 4) is 0 Å². The van der Waals surface area contributed by atoms with Crippen molar-refractivity contribution in [3.63, 3.8) is 0 Å². The average molecular weight is 240 g/mol. The van der Waals surface area contributed by atoms with E-state index in [2.05, 4.69) is 33.0 Å². The Labute approximate surface area is 106 Å². The van der Waals surface area contributed by atoms with E-state index in [1.807, 2.05) is 0 Å². The van der Waals surface area contributed by atoms with Crippen molar-refractivity contribution in [2.75, 3.05) is 0 Å². The van der Waals surface area contributed by atoms with Gasteiger partial charge in [-0.1, -0.05) is 26.7 Å². The van der Waals surface area contributed by atoms with Crippen molar-refractivity contribution < 1.29 is 4.79 Å². The van der Waals surface area contributed by atoms with Crippen LogP contribution in [0.5, 0.6) is 0 Å². The molecule has 0 aromatic heterocycles. The average Bonchev–Trinajstić information content (AvgIpc) is 2.21. The van der Waals surface area contributed by atoms with Gasteiger partial charge in [0.05, 0.1) is 5.92 Å². The molecule has 3 N–H and O–H groups in total. The summed E-state index contributed by atoms with van der Waals surface area (Å²) in [5, 5.41) is 3.16. The van der Waals surface area contributed by atoms with Crippen LogP contribution >= 0.6 is 0 Å². The van der Waals surface area contributed by atoms with Crippen LogP contribution in [0.1, 0.15) is 59.8 Å². The van der Waals surface area contributed by atoms with Crippen molar-refractivity contribution in [1.29, 1.82) is 0 Å². The largest absolute Gasteiger partial charge is 0.351 e. The molecule has 0 aromatic carbocycles. The van der Waals surface area contributed by atoms with Crippen LogP contribution in [0.2, 0.25) is 0 Å². The van der Waals surface area contributed by atoms with Crippen molar-refractivity contribution >= 4 is 5.91 Å². The molecule has 0 spiro atoms. The summed E-state index contributed by atoms with van der Waals surface area (Å²) in [6, 6.07) is 0.0289. The molecule has 3 atom stereocenters. The zero-order valence-corrected chi connectivity index (χ0v) is 11.8. The van der Waals surface area contributed by atoms with E-state index in [-0.39, 0.29) is 23.4 Å². The molecule has 17 heavy (non-hydrogen) atoms. The summed E-state index contributed by atoms with van der Waals surface area (Å²) in [5.74, 6) is 0.631. The molecule has 1 aliphatic carbocycles. The van der Waals surface area contributed by atoms with Crippen molar-refractivity contribution in [2.24, 2.45) is 17.6 Å². The Kier molecular flexibility index (Phi) is 4.99. The second-order valence-corrected chi connectivity index (χ2v) is 6.22. The van der Waals surface area contributed by atoms with E-state index in [0.717, 1.165) is 32.1 Å². The van der Waals surface area contributed by atoms with Crippen LogP contribution in [-0.2, 0) is 4.79 Å². The predicted molar refractivity (Wildman–Crippen MR) is 71.6 cm³/mol. The van der Waals surface area contributed by atoms with Gasteiger partial charge in [0.25, 0.3) is 0 Å². The van der Waals surface area contributed by atoms with Crippen LogP contribution in [-0.4, -0.2) is 17.5 Å². The molecule has 0 saturated heterocycles. The van der Waals surface area contributed by atoms with Gasteiger partial charge >= 0.3 is 0 Å². The number of nitrogens with one attached hydrogen (secondary N) is 1. The molecule has 1 fully saturated rings. The van der Waals surface area contributed by atoms with Crippen LogP contribution < -0.4 is 11.1 Å². The van der Waals surface area contributed by atoms with Gasteiger partial charge in [-0.3, -0.25) is 4.79 Å². The lowest BCUT2D eigenvalue weighted by Gasteiger charge is -2.35. The number of carbonyl (C=O) groups is 1. The fourth-order valence-corrected chi connectivity index (χ4v) is 2.86. The zero-order chi connectivity index (χ0) is 13.1. The fraction of sp³-hybridized carbons (Fsp3) is 0.929. The molecule has 1 aliphatic rings. The van der Waals surface area contributed by atoms with Crippen molar-refractivity contribution in [1.82, 2.24) is 5.32 Å². The third-order valence-corrected chi connectivity index (χ3v) is 3.97. The van der Waals surface area contributed by atoms with E-state index < -0.39 is 0 Å². The third kappa shape index (κ3) is 3.98. The van der Waals surface area contributed by atoms with Crippen LogP contribution in [0.4, 0.5) is 0 Å². The number of carbonyl (C=O) groups excluding carboxylic acids is 1. The number of hydrogen-bond donors (Lipinski definition) is 2. The quantitative estimate of drug-likeness (QED) is 0.793. The Bertz CT molecular complexity index is 263. The summed E-state index contributed by atoms with van der Waals surface area (Å²) in [7, 11) is 0. The van der Waals surface area contributed by atoms with Gasteiger partial charge in [0.2, 0.25) is 5.91 Å². The molecule has 100 valence electrons. The predicted octanol–water partition coefficient (Wildman–Crippen LogP) is 2.44. The van der Waals surface area contributed by atoms with E-state index >= 15 is 0 Å². The van der Waals surface area contributed by atoms with Gasteiger partial charge in [-0.2, -0.15) is 0 Å². The molecular weight excluding hydrogens is 212 g/mol. The van der Waals surface area contributed by atoms with Crippen LogP contribution in [0, 0.1) is 11.8 Å². The summed E-state index contributed by atoms with van der Waals surface area (Å²) in [6.45, 7) is 8.47. The molecule has 1 rings (SSSR count). The van der Waals surface area contributed by atoms with E-state index in [4.69, 9.17) is 5.73 Å². The van der Waals surface area contributed by atoms with Gasteiger partial charge in [-0.05, 0) is 39.0 Å². The fourth-order valence-electron chi connectivity index (χ4n) is 2.86. The van der Waals surface area contributed by atoms with Gasteiger partial charge in [0.1, 0.15) is 0 Å². The Morgan fingerprint density at radius 1 is 1.41 bits per heavy atom. The Morgan fingerprint density at radius 2 is 2.06 bits per heavy atom. The highest BCUT2D eigenvalue weighted by Gasteiger charge is 2.34. The highest BCUT2D eigenvalue weighted by molar-refractivity contribution is 5.80. The zero-order valence-electron chi connectivity index (χ0n) is 11.8. The Morgan fingerprint density at radius 3 is 2.65 bits per heavy atom. The molecule has 0 aromatic rings. The summed E-state index contributed by atoms with van der Waals surface area (Å²) < 4.78 is 0. The normalized spacial score (nSPS) is 30.1. The number of rotatable bonds is 4. The van der Waals surface area contributed by atoms with Crippen LogP contribution in [0.25, 0.3) is 0 Å². The summed E-state index contributed by atoms with van der Waals surface area (Å²) in [5.41, 5.74) is 6.05. The summed E-state index contributed by atoms with van der Waals surface area (Å²) in [4.78, 5) is 12.3. The molecule has 1 amide bonds. The lowest BCUT2D eigenvalue weighted by Crippen LogP contribution is -2.52. The second-order valence-electron chi connectivity index (χ2n) is 6.22. The minimum Gasteiger partial charge on any atom is -0.351 e. The Hall–Kier alpha value is -0.570. The van der Waals surface area contributed by atoms with Crippen molar-refractivity contribution in [3.05, 3.63) is 0 Å². The minimum atomic E-state index is -0.105. The smallest absolute Gasteiger partial charge is 0.225 e. The van der Waals surface area contributed by atoms with Gasteiger partial charge in [0.15, 0.2) is 0 Å². The molecule has 0 radical (unpaired) electrons. The number of nitrogens with two attached hydrogens (primary N) is 1. The van der Waals surface area contributed by atoms with E-state index in [0.29, 0.717) is 5.92 Å². The molecule has 3 nitrogen and oxygen atoms in total. The maximum atomic E-state index is 12.3. The number of amides is 1. The first kappa shape index (κ1) is 14.5. The third-order valence-electron chi connectivity index (χ3n) is 3.97. The molecule has 1 saturated carbocycles.